The fourth-order valence-electron chi connectivity index (χ4n) is 1.17. The summed E-state index contributed by atoms with van der Waals surface area (Å²) in [5.41, 5.74) is 1.71. The largest absolute Gasteiger partial charge is 0.755 e. The molecule has 2 rings (SSSR count). The zero-order valence-electron chi connectivity index (χ0n) is 8.33. The van der Waals surface area contributed by atoms with Crippen molar-refractivity contribution in [2.75, 3.05) is 4.72 Å². The van der Waals surface area contributed by atoms with Crippen LogP contribution in [0.1, 0.15) is 0 Å². The van der Waals surface area contributed by atoms with Crippen molar-refractivity contribution in [1.29, 1.82) is 0 Å². The molecule has 2 aromatic rings. The molecular formula is C9H6ClN4O2S-. The van der Waals surface area contributed by atoms with Crippen LogP contribution in [0.3, 0.4) is 0 Å². The van der Waals surface area contributed by atoms with E-state index in [1.54, 1.807) is 12.1 Å². The summed E-state index contributed by atoms with van der Waals surface area (Å²) in [5, 5.41) is 0.161. The van der Waals surface area contributed by atoms with E-state index in [0.717, 1.165) is 0 Å². The summed E-state index contributed by atoms with van der Waals surface area (Å²) < 4.78 is 23.0. The minimum atomic E-state index is -2.35. The second-order valence-corrected chi connectivity index (χ2v) is 4.02. The van der Waals surface area contributed by atoms with Gasteiger partial charge in [0.2, 0.25) is 5.28 Å². The summed E-state index contributed by atoms with van der Waals surface area (Å²) in [6, 6.07) is 3.24. The van der Waals surface area contributed by atoms with Gasteiger partial charge in [-0.05, 0) is 23.7 Å². The number of anilines is 1. The van der Waals surface area contributed by atoms with Gasteiger partial charge in [0.15, 0.2) is 0 Å². The van der Waals surface area contributed by atoms with E-state index < -0.39 is 11.3 Å². The standard InChI is InChI=1S/C9H7ClN4O2S/c10-9-12-3-6(4-13-9)8-2-1-7(5-11-8)14-17(15)16/h1-5,14H,(H,15,16)/p-1. The Morgan fingerprint density at radius 3 is 2.41 bits per heavy atom. The number of nitrogens with zero attached hydrogens (tertiary/aromatic N) is 3. The van der Waals surface area contributed by atoms with Gasteiger partial charge in [-0.2, -0.15) is 0 Å². The topological polar surface area (TPSA) is 90.8 Å². The van der Waals surface area contributed by atoms with Crippen molar-refractivity contribution in [1.82, 2.24) is 15.0 Å². The van der Waals surface area contributed by atoms with Crippen LogP contribution in [0.25, 0.3) is 11.3 Å². The molecule has 0 fully saturated rings. The van der Waals surface area contributed by atoms with Crippen molar-refractivity contribution in [2.24, 2.45) is 0 Å². The van der Waals surface area contributed by atoms with Crippen LogP contribution in [-0.4, -0.2) is 23.7 Å². The Kier molecular flexibility index (Phi) is 3.62. The number of nitrogens with one attached hydrogen (secondary N) is 1. The first-order valence-corrected chi connectivity index (χ1v) is 5.90. The van der Waals surface area contributed by atoms with Gasteiger partial charge >= 0.3 is 0 Å². The lowest BCUT2D eigenvalue weighted by Crippen LogP contribution is -2.02. The van der Waals surface area contributed by atoms with Gasteiger partial charge in [-0.15, -0.1) is 0 Å². The fraction of sp³-hybridized carbons (Fsp3) is 0. The van der Waals surface area contributed by atoms with Crippen LogP contribution in [0.4, 0.5) is 5.69 Å². The van der Waals surface area contributed by atoms with E-state index in [1.165, 1.54) is 18.6 Å². The smallest absolute Gasteiger partial charge is 0.222 e. The lowest BCUT2D eigenvalue weighted by atomic mass is 10.2. The monoisotopic (exact) mass is 269 g/mol. The number of pyridine rings is 1. The predicted molar refractivity (Wildman–Crippen MR) is 62.8 cm³/mol. The molecule has 1 unspecified atom stereocenters. The van der Waals surface area contributed by atoms with Crippen molar-refractivity contribution < 1.29 is 8.76 Å². The first-order chi connectivity index (χ1) is 8.15. The lowest BCUT2D eigenvalue weighted by molar-refractivity contribution is 0.542. The molecule has 2 heterocycles. The summed E-state index contributed by atoms with van der Waals surface area (Å²) in [6.07, 6.45) is 4.48. The number of hydrogen-bond acceptors (Lipinski definition) is 5. The SMILES string of the molecule is O=S([O-])Nc1ccc(-c2cnc(Cl)nc2)nc1. The Balaban J connectivity index is 2.23. The molecule has 17 heavy (non-hydrogen) atoms. The maximum absolute atomic E-state index is 10.4. The summed E-state index contributed by atoms with van der Waals surface area (Å²) in [7, 11) is 0. The molecule has 0 saturated heterocycles. The molecule has 1 N–H and O–H groups in total. The van der Waals surface area contributed by atoms with E-state index in [1.807, 2.05) is 0 Å². The Labute approximate surface area is 105 Å². The molecule has 0 aliphatic rings. The molecule has 0 aliphatic heterocycles. The van der Waals surface area contributed by atoms with E-state index in [9.17, 15) is 8.76 Å². The third-order valence-corrected chi connectivity index (χ3v) is 2.48. The Hall–Kier alpha value is -1.57. The lowest BCUT2D eigenvalue weighted by Gasteiger charge is -2.08. The Morgan fingerprint density at radius 2 is 1.88 bits per heavy atom. The molecule has 6 nitrogen and oxygen atoms in total. The predicted octanol–water partition coefficient (Wildman–Crippen LogP) is 1.40. The highest BCUT2D eigenvalue weighted by molar-refractivity contribution is 7.80. The van der Waals surface area contributed by atoms with Gasteiger partial charge in [0.05, 0.1) is 17.6 Å². The highest BCUT2D eigenvalue weighted by Gasteiger charge is 2.01. The molecule has 0 aliphatic carbocycles. The van der Waals surface area contributed by atoms with E-state index >= 15 is 0 Å². The van der Waals surface area contributed by atoms with Crippen LogP contribution in [0.5, 0.6) is 0 Å². The Bertz CT molecular complexity index is 532. The van der Waals surface area contributed by atoms with Crippen molar-refractivity contribution in [3.63, 3.8) is 0 Å². The molecule has 0 bridgehead atoms. The molecular weight excluding hydrogens is 264 g/mol. The second kappa shape index (κ2) is 5.17. The van der Waals surface area contributed by atoms with Gasteiger partial charge in [-0.3, -0.25) is 9.19 Å². The average molecular weight is 270 g/mol. The van der Waals surface area contributed by atoms with Crippen LogP contribution < -0.4 is 4.72 Å². The first kappa shape index (κ1) is 11.9. The molecule has 0 spiro atoms. The number of aromatic nitrogens is 3. The maximum atomic E-state index is 10.4. The van der Waals surface area contributed by atoms with E-state index in [0.29, 0.717) is 16.9 Å². The number of halogens is 1. The van der Waals surface area contributed by atoms with Gasteiger partial charge in [-0.25, -0.2) is 9.97 Å². The van der Waals surface area contributed by atoms with Crippen molar-refractivity contribution >= 4 is 28.6 Å². The van der Waals surface area contributed by atoms with E-state index in [4.69, 9.17) is 11.6 Å². The molecule has 8 heteroatoms. The van der Waals surface area contributed by atoms with Gasteiger partial charge in [0.1, 0.15) is 0 Å². The van der Waals surface area contributed by atoms with Gasteiger partial charge < -0.3 is 9.27 Å². The van der Waals surface area contributed by atoms with Crippen molar-refractivity contribution in [2.45, 2.75) is 0 Å². The quantitative estimate of drug-likeness (QED) is 0.672. The first-order valence-electron chi connectivity index (χ1n) is 4.45. The fourth-order valence-corrected chi connectivity index (χ4v) is 1.58. The normalized spacial score (nSPS) is 12.1. The van der Waals surface area contributed by atoms with Crippen LogP contribution in [0.2, 0.25) is 5.28 Å². The molecule has 0 amide bonds. The molecule has 0 radical (unpaired) electrons. The molecule has 88 valence electrons. The van der Waals surface area contributed by atoms with E-state index in [-0.39, 0.29) is 5.28 Å². The maximum Gasteiger partial charge on any atom is 0.222 e. The summed E-state index contributed by atoms with van der Waals surface area (Å²) in [5.74, 6) is 0. The van der Waals surface area contributed by atoms with Crippen LogP contribution >= 0.6 is 11.6 Å². The molecule has 1 atom stereocenters. The minimum Gasteiger partial charge on any atom is -0.755 e. The van der Waals surface area contributed by atoms with Gasteiger partial charge in [0.25, 0.3) is 0 Å². The van der Waals surface area contributed by atoms with Crippen molar-refractivity contribution in [3.05, 3.63) is 36.0 Å². The Morgan fingerprint density at radius 1 is 1.18 bits per heavy atom. The van der Waals surface area contributed by atoms with Crippen molar-refractivity contribution in [3.8, 4) is 11.3 Å². The number of hydrogen-bond donors (Lipinski definition) is 1. The molecule has 0 aromatic carbocycles. The number of rotatable bonds is 3. The van der Waals surface area contributed by atoms with Gasteiger partial charge in [-0.1, -0.05) is 0 Å². The summed E-state index contributed by atoms with van der Waals surface area (Å²) in [6.45, 7) is 0. The summed E-state index contributed by atoms with van der Waals surface area (Å²) in [4.78, 5) is 11.7. The zero-order chi connectivity index (χ0) is 12.3. The highest BCUT2D eigenvalue weighted by Crippen LogP contribution is 2.17. The third kappa shape index (κ3) is 3.19. The van der Waals surface area contributed by atoms with Crippen LogP contribution in [0.15, 0.2) is 30.7 Å². The van der Waals surface area contributed by atoms with Crippen LogP contribution in [0, 0.1) is 0 Å². The highest BCUT2D eigenvalue weighted by atomic mass is 35.5. The van der Waals surface area contributed by atoms with Crippen LogP contribution in [-0.2, 0) is 11.3 Å². The van der Waals surface area contributed by atoms with Gasteiger partial charge in [0, 0.05) is 29.2 Å². The molecule has 2 aromatic heterocycles. The average Bonchev–Trinajstić information content (AvgIpc) is 2.30. The van der Waals surface area contributed by atoms with E-state index in [2.05, 4.69) is 19.7 Å². The zero-order valence-corrected chi connectivity index (χ0v) is 9.90. The minimum absolute atomic E-state index is 0.161. The second-order valence-electron chi connectivity index (χ2n) is 3.01. The third-order valence-electron chi connectivity index (χ3n) is 1.88. The molecule has 0 saturated carbocycles. The summed E-state index contributed by atoms with van der Waals surface area (Å²) >= 11 is 3.21.